The molecular weight excluding hydrogens is 312 g/mol. The molecule has 124 valence electrons. The Morgan fingerprint density at radius 3 is 2.70 bits per heavy atom. The molecule has 0 spiro atoms. The summed E-state index contributed by atoms with van der Waals surface area (Å²) in [4.78, 5) is 21.2. The molecule has 1 fully saturated rings. The van der Waals surface area contributed by atoms with Crippen LogP contribution in [0.15, 0.2) is 24.5 Å². The molecule has 2 aromatic heterocycles. The molecule has 0 aliphatic carbocycles. The van der Waals surface area contributed by atoms with E-state index in [9.17, 15) is 4.79 Å². The lowest BCUT2D eigenvalue weighted by Gasteiger charge is -2.35. The highest BCUT2D eigenvalue weighted by Crippen LogP contribution is 2.15. The Balaban J connectivity index is 1.58. The SMILES string of the molecule is CC[C@H](C)C(=O)N1CCN(Cc2cn3cc(Cl)ccc3n2)CC1. The molecule has 0 aromatic carbocycles. The second-order valence-electron chi connectivity index (χ2n) is 6.26. The second kappa shape index (κ2) is 6.89. The molecule has 6 heteroatoms. The van der Waals surface area contributed by atoms with Crippen LogP contribution in [0.5, 0.6) is 0 Å². The van der Waals surface area contributed by atoms with Crippen LogP contribution in [0.25, 0.3) is 5.65 Å². The van der Waals surface area contributed by atoms with Crippen molar-refractivity contribution in [2.24, 2.45) is 5.92 Å². The Labute approximate surface area is 141 Å². The first-order valence-corrected chi connectivity index (χ1v) is 8.59. The molecule has 3 heterocycles. The van der Waals surface area contributed by atoms with E-state index in [1.165, 1.54) is 0 Å². The molecule has 3 rings (SSSR count). The van der Waals surface area contributed by atoms with Crippen molar-refractivity contribution in [2.75, 3.05) is 26.2 Å². The number of rotatable bonds is 4. The third kappa shape index (κ3) is 3.67. The molecule has 5 nitrogen and oxygen atoms in total. The van der Waals surface area contributed by atoms with E-state index in [0.717, 1.165) is 50.5 Å². The van der Waals surface area contributed by atoms with Crippen LogP contribution in [0, 0.1) is 5.92 Å². The normalized spacial score (nSPS) is 17.6. The average Bonchev–Trinajstić information content (AvgIpc) is 2.95. The second-order valence-corrected chi connectivity index (χ2v) is 6.69. The third-order valence-electron chi connectivity index (χ3n) is 4.57. The molecule has 1 atom stereocenters. The van der Waals surface area contributed by atoms with Gasteiger partial charge in [0.2, 0.25) is 5.91 Å². The van der Waals surface area contributed by atoms with Crippen molar-refractivity contribution in [2.45, 2.75) is 26.8 Å². The molecule has 0 saturated carbocycles. The van der Waals surface area contributed by atoms with Crippen LogP contribution in [-0.2, 0) is 11.3 Å². The molecule has 23 heavy (non-hydrogen) atoms. The Morgan fingerprint density at radius 2 is 2.00 bits per heavy atom. The third-order valence-corrected chi connectivity index (χ3v) is 4.79. The number of imidazole rings is 1. The van der Waals surface area contributed by atoms with E-state index in [2.05, 4.69) is 16.8 Å². The number of pyridine rings is 1. The molecule has 0 bridgehead atoms. The van der Waals surface area contributed by atoms with Crippen LogP contribution in [0.1, 0.15) is 26.0 Å². The zero-order valence-corrected chi connectivity index (χ0v) is 14.5. The monoisotopic (exact) mass is 334 g/mol. The molecular formula is C17H23ClN4O. The number of carbonyl (C=O) groups is 1. The van der Waals surface area contributed by atoms with E-state index in [1.54, 1.807) is 0 Å². The predicted molar refractivity (Wildman–Crippen MR) is 91.5 cm³/mol. The summed E-state index contributed by atoms with van der Waals surface area (Å²) in [6.07, 6.45) is 4.80. The van der Waals surface area contributed by atoms with E-state index in [4.69, 9.17) is 11.6 Å². The van der Waals surface area contributed by atoms with Gasteiger partial charge in [-0.1, -0.05) is 25.4 Å². The van der Waals surface area contributed by atoms with Crippen molar-refractivity contribution in [3.63, 3.8) is 0 Å². The van der Waals surface area contributed by atoms with E-state index in [-0.39, 0.29) is 11.8 Å². The number of fused-ring (bicyclic) bond motifs is 1. The highest BCUT2D eigenvalue weighted by molar-refractivity contribution is 6.30. The van der Waals surface area contributed by atoms with Crippen molar-refractivity contribution >= 4 is 23.2 Å². The number of aromatic nitrogens is 2. The maximum absolute atomic E-state index is 12.2. The van der Waals surface area contributed by atoms with Crippen LogP contribution in [-0.4, -0.2) is 51.3 Å². The van der Waals surface area contributed by atoms with Crippen LogP contribution < -0.4 is 0 Å². The fourth-order valence-corrected chi connectivity index (χ4v) is 3.10. The summed E-state index contributed by atoms with van der Waals surface area (Å²) in [6.45, 7) is 8.30. The van der Waals surface area contributed by atoms with E-state index in [0.29, 0.717) is 5.02 Å². The summed E-state index contributed by atoms with van der Waals surface area (Å²) in [5, 5.41) is 0.707. The highest BCUT2D eigenvalue weighted by atomic mass is 35.5. The molecule has 1 amide bonds. The molecule has 0 unspecified atom stereocenters. The summed E-state index contributed by atoms with van der Waals surface area (Å²) < 4.78 is 1.96. The van der Waals surface area contributed by atoms with E-state index in [1.807, 2.05) is 40.8 Å². The molecule has 0 N–H and O–H groups in total. The van der Waals surface area contributed by atoms with Crippen molar-refractivity contribution < 1.29 is 4.79 Å². The van der Waals surface area contributed by atoms with Gasteiger partial charge in [0, 0.05) is 51.0 Å². The fraction of sp³-hybridized carbons (Fsp3) is 0.529. The fourth-order valence-electron chi connectivity index (χ4n) is 2.94. The lowest BCUT2D eigenvalue weighted by Crippen LogP contribution is -2.49. The number of piperazine rings is 1. The van der Waals surface area contributed by atoms with Gasteiger partial charge in [-0.2, -0.15) is 0 Å². The maximum Gasteiger partial charge on any atom is 0.225 e. The van der Waals surface area contributed by atoms with E-state index >= 15 is 0 Å². The van der Waals surface area contributed by atoms with Crippen LogP contribution in [0.3, 0.4) is 0 Å². The number of hydrogen-bond acceptors (Lipinski definition) is 3. The van der Waals surface area contributed by atoms with E-state index < -0.39 is 0 Å². The number of halogens is 1. The molecule has 2 aromatic rings. The standard InChI is InChI=1S/C17H23ClN4O/c1-3-13(2)17(23)21-8-6-20(7-9-21)11-15-12-22-10-14(18)4-5-16(22)19-15/h4-5,10,12-13H,3,6-9,11H2,1-2H3/t13-/m0/s1. The maximum atomic E-state index is 12.2. The number of carbonyl (C=O) groups excluding carboxylic acids is 1. The van der Waals surface area contributed by atoms with Gasteiger partial charge < -0.3 is 9.30 Å². The van der Waals surface area contributed by atoms with Gasteiger partial charge in [0.15, 0.2) is 0 Å². The topological polar surface area (TPSA) is 40.9 Å². The van der Waals surface area contributed by atoms with Crippen LogP contribution in [0.4, 0.5) is 0 Å². The summed E-state index contributed by atoms with van der Waals surface area (Å²) in [6, 6.07) is 3.78. The van der Waals surface area contributed by atoms with Gasteiger partial charge in [-0.25, -0.2) is 4.98 Å². The Bertz CT molecular complexity index is 691. The summed E-state index contributed by atoms with van der Waals surface area (Å²) >= 11 is 6.01. The molecule has 1 aliphatic rings. The Hall–Kier alpha value is -1.59. The molecule has 1 saturated heterocycles. The minimum atomic E-state index is 0.129. The van der Waals surface area contributed by atoms with Gasteiger partial charge in [0.05, 0.1) is 10.7 Å². The van der Waals surface area contributed by atoms with Gasteiger partial charge in [0.25, 0.3) is 0 Å². The van der Waals surface area contributed by atoms with Gasteiger partial charge in [-0.05, 0) is 18.6 Å². The zero-order valence-electron chi connectivity index (χ0n) is 13.7. The molecule has 0 radical (unpaired) electrons. The van der Waals surface area contributed by atoms with Gasteiger partial charge >= 0.3 is 0 Å². The number of nitrogens with zero attached hydrogens (tertiary/aromatic N) is 4. The van der Waals surface area contributed by atoms with Crippen molar-refractivity contribution in [1.82, 2.24) is 19.2 Å². The quantitative estimate of drug-likeness (QED) is 0.863. The van der Waals surface area contributed by atoms with Crippen molar-refractivity contribution in [3.8, 4) is 0 Å². The number of amides is 1. The summed E-state index contributed by atoms with van der Waals surface area (Å²) in [5.74, 6) is 0.416. The van der Waals surface area contributed by atoms with Gasteiger partial charge in [-0.15, -0.1) is 0 Å². The first-order chi connectivity index (χ1) is 11.1. The summed E-state index contributed by atoms with van der Waals surface area (Å²) in [7, 11) is 0. The zero-order chi connectivity index (χ0) is 16.4. The van der Waals surface area contributed by atoms with Gasteiger partial charge in [0.1, 0.15) is 5.65 Å². The lowest BCUT2D eigenvalue weighted by atomic mass is 10.1. The van der Waals surface area contributed by atoms with Crippen LogP contribution in [0.2, 0.25) is 5.02 Å². The smallest absolute Gasteiger partial charge is 0.225 e. The average molecular weight is 335 g/mol. The Kier molecular flexibility index (Phi) is 4.87. The molecule has 1 aliphatic heterocycles. The predicted octanol–water partition coefficient (Wildman–Crippen LogP) is 2.68. The van der Waals surface area contributed by atoms with Crippen molar-refractivity contribution in [1.29, 1.82) is 0 Å². The Morgan fingerprint density at radius 1 is 1.26 bits per heavy atom. The lowest BCUT2D eigenvalue weighted by molar-refractivity contribution is -0.136. The van der Waals surface area contributed by atoms with Crippen molar-refractivity contribution in [3.05, 3.63) is 35.2 Å². The minimum Gasteiger partial charge on any atom is -0.340 e. The number of hydrogen-bond donors (Lipinski definition) is 0. The first kappa shape index (κ1) is 16.3. The van der Waals surface area contributed by atoms with Gasteiger partial charge in [-0.3, -0.25) is 9.69 Å². The highest BCUT2D eigenvalue weighted by Gasteiger charge is 2.24. The summed E-state index contributed by atoms with van der Waals surface area (Å²) in [5.41, 5.74) is 1.95. The minimum absolute atomic E-state index is 0.129. The largest absolute Gasteiger partial charge is 0.340 e. The first-order valence-electron chi connectivity index (χ1n) is 8.21. The van der Waals surface area contributed by atoms with Crippen LogP contribution >= 0.6 is 11.6 Å².